The van der Waals surface area contributed by atoms with Gasteiger partial charge in [-0.1, -0.05) is 24.3 Å². The number of nitrogens with two attached hydrogens (primary N) is 1. The molecule has 5 heteroatoms. The summed E-state index contributed by atoms with van der Waals surface area (Å²) in [5.74, 6) is -0.498. The second-order valence-corrected chi connectivity index (χ2v) is 5.98. The Kier molecular flexibility index (Phi) is 4.55. The van der Waals surface area contributed by atoms with Gasteiger partial charge in [0.25, 0.3) is 5.91 Å². The van der Waals surface area contributed by atoms with Crippen LogP contribution in [0.25, 0.3) is 11.1 Å². The van der Waals surface area contributed by atoms with Crippen LogP contribution in [0.3, 0.4) is 0 Å². The molecule has 126 valence electrons. The number of hydrogen-bond acceptors (Lipinski definition) is 3. The zero-order chi connectivity index (χ0) is 18.7. The molecule has 0 saturated heterocycles. The first kappa shape index (κ1) is 17.0. The summed E-state index contributed by atoms with van der Waals surface area (Å²) < 4.78 is 1.87. The van der Waals surface area contributed by atoms with E-state index >= 15 is 0 Å². The Morgan fingerprint density at radius 1 is 1.00 bits per heavy atom. The molecule has 2 N–H and O–H groups in total. The molecule has 0 atom stereocenters. The van der Waals surface area contributed by atoms with Crippen LogP contribution in [0, 0.1) is 29.6 Å². The molecule has 1 heterocycles. The third-order valence-corrected chi connectivity index (χ3v) is 4.37. The molecule has 0 aliphatic carbocycles. The second-order valence-electron chi connectivity index (χ2n) is 5.98. The predicted octanol–water partition coefficient (Wildman–Crippen LogP) is 3.35. The number of primary amides is 1. The number of hydrogen-bond donors (Lipinski definition) is 1. The van der Waals surface area contributed by atoms with Gasteiger partial charge in [-0.25, -0.2) is 0 Å². The standard InChI is InChI=1S/C21H16N4O/c1-14-19(18-8-6-16(12-23)7-9-18)10-20(21(24)26)25(14)13-17-4-2-15(11-22)3-5-17/h2-10H,13H2,1H3,(H2,24,26). The van der Waals surface area contributed by atoms with Gasteiger partial charge in [-0.05, 0) is 48.4 Å². The predicted molar refractivity (Wildman–Crippen MR) is 98.1 cm³/mol. The van der Waals surface area contributed by atoms with Gasteiger partial charge in [-0.3, -0.25) is 4.79 Å². The highest BCUT2D eigenvalue weighted by atomic mass is 16.1. The smallest absolute Gasteiger partial charge is 0.265 e. The average Bonchev–Trinajstić information content (AvgIpc) is 2.99. The lowest BCUT2D eigenvalue weighted by atomic mass is 10.0. The highest BCUT2D eigenvalue weighted by Gasteiger charge is 2.17. The maximum absolute atomic E-state index is 11.9. The maximum Gasteiger partial charge on any atom is 0.265 e. The van der Waals surface area contributed by atoms with Crippen molar-refractivity contribution < 1.29 is 4.79 Å². The number of aromatic nitrogens is 1. The van der Waals surface area contributed by atoms with Crippen LogP contribution in [0.4, 0.5) is 0 Å². The van der Waals surface area contributed by atoms with E-state index in [1.807, 2.05) is 35.8 Å². The molecule has 5 nitrogen and oxygen atoms in total. The van der Waals surface area contributed by atoms with E-state index in [1.165, 1.54) is 0 Å². The molecule has 0 spiro atoms. The van der Waals surface area contributed by atoms with Gasteiger partial charge in [0.15, 0.2) is 0 Å². The molecular weight excluding hydrogens is 324 g/mol. The lowest BCUT2D eigenvalue weighted by Gasteiger charge is -2.11. The van der Waals surface area contributed by atoms with Crippen molar-refractivity contribution in [2.24, 2.45) is 5.73 Å². The fourth-order valence-corrected chi connectivity index (χ4v) is 2.94. The minimum atomic E-state index is -0.498. The van der Waals surface area contributed by atoms with Crippen molar-refractivity contribution in [3.8, 4) is 23.3 Å². The fourth-order valence-electron chi connectivity index (χ4n) is 2.94. The van der Waals surface area contributed by atoms with Crippen LogP contribution in [-0.2, 0) is 6.54 Å². The minimum absolute atomic E-state index is 0.422. The van der Waals surface area contributed by atoms with Gasteiger partial charge in [0, 0.05) is 17.8 Å². The molecule has 0 radical (unpaired) electrons. The van der Waals surface area contributed by atoms with Gasteiger partial charge in [-0.2, -0.15) is 10.5 Å². The zero-order valence-corrected chi connectivity index (χ0v) is 14.2. The Hall–Kier alpha value is -3.83. The number of nitriles is 2. The highest BCUT2D eigenvalue weighted by molar-refractivity contribution is 5.93. The monoisotopic (exact) mass is 340 g/mol. The van der Waals surface area contributed by atoms with Crippen molar-refractivity contribution in [3.05, 3.63) is 82.7 Å². The van der Waals surface area contributed by atoms with E-state index in [4.69, 9.17) is 16.3 Å². The first-order valence-corrected chi connectivity index (χ1v) is 8.03. The lowest BCUT2D eigenvalue weighted by molar-refractivity contribution is 0.0991. The summed E-state index contributed by atoms with van der Waals surface area (Å²) in [5.41, 5.74) is 10.9. The molecular formula is C21H16N4O. The van der Waals surface area contributed by atoms with Crippen molar-refractivity contribution in [2.45, 2.75) is 13.5 Å². The Labute approximate surface area is 151 Å². The van der Waals surface area contributed by atoms with E-state index < -0.39 is 5.91 Å². The maximum atomic E-state index is 11.9. The van der Waals surface area contributed by atoms with E-state index in [2.05, 4.69) is 12.1 Å². The molecule has 2 aromatic carbocycles. The third kappa shape index (κ3) is 3.19. The van der Waals surface area contributed by atoms with Crippen LogP contribution in [0.5, 0.6) is 0 Å². The molecule has 1 amide bonds. The van der Waals surface area contributed by atoms with Crippen LogP contribution in [0.2, 0.25) is 0 Å². The van der Waals surface area contributed by atoms with E-state index in [-0.39, 0.29) is 0 Å². The largest absolute Gasteiger partial charge is 0.364 e. The molecule has 0 aliphatic heterocycles. The Bertz CT molecular complexity index is 1050. The van der Waals surface area contributed by atoms with Gasteiger partial charge in [-0.15, -0.1) is 0 Å². The van der Waals surface area contributed by atoms with Crippen molar-refractivity contribution in [1.29, 1.82) is 10.5 Å². The van der Waals surface area contributed by atoms with Crippen molar-refractivity contribution in [3.63, 3.8) is 0 Å². The molecule has 1 aromatic heterocycles. The summed E-state index contributed by atoms with van der Waals surface area (Å²) in [5, 5.41) is 17.9. The first-order valence-electron chi connectivity index (χ1n) is 8.03. The number of rotatable bonds is 4. The zero-order valence-electron chi connectivity index (χ0n) is 14.2. The van der Waals surface area contributed by atoms with E-state index in [9.17, 15) is 4.79 Å². The second kappa shape index (κ2) is 6.96. The fraction of sp³-hybridized carbons (Fsp3) is 0.0952. The van der Waals surface area contributed by atoms with Crippen LogP contribution < -0.4 is 5.73 Å². The molecule has 3 aromatic rings. The minimum Gasteiger partial charge on any atom is -0.364 e. The number of amides is 1. The summed E-state index contributed by atoms with van der Waals surface area (Å²) in [4.78, 5) is 11.9. The van der Waals surface area contributed by atoms with Crippen molar-refractivity contribution in [1.82, 2.24) is 4.57 Å². The Morgan fingerprint density at radius 2 is 1.54 bits per heavy atom. The normalized spacial score (nSPS) is 10.1. The number of carbonyl (C=O) groups is 1. The van der Waals surface area contributed by atoms with Crippen LogP contribution in [0.15, 0.2) is 54.6 Å². The molecule has 26 heavy (non-hydrogen) atoms. The van der Waals surface area contributed by atoms with Gasteiger partial charge in [0.05, 0.1) is 23.3 Å². The van der Waals surface area contributed by atoms with Crippen molar-refractivity contribution in [2.75, 3.05) is 0 Å². The summed E-state index contributed by atoms with van der Waals surface area (Å²) in [6, 6.07) is 20.4. The lowest BCUT2D eigenvalue weighted by Crippen LogP contribution is -2.18. The van der Waals surface area contributed by atoms with Gasteiger partial charge in [0.2, 0.25) is 0 Å². The van der Waals surface area contributed by atoms with Gasteiger partial charge in [0.1, 0.15) is 5.69 Å². The van der Waals surface area contributed by atoms with Crippen LogP contribution in [0.1, 0.15) is 32.9 Å². The third-order valence-electron chi connectivity index (χ3n) is 4.37. The van der Waals surface area contributed by atoms with Gasteiger partial charge >= 0.3 is 0 Å². The molecule has 0 unspecified atom stereocenters. The quantitative estimate of drug-likeness (QED) is 0.789. The molecule has 0 fully saturated rings. The summed E-state index contributed by atoms with van der Waals surface area (Å²) in [7, 11) is 0. The highest BCUT2D eigenvalue weighted by Crippen LogP contribution is 2.28. The molecule has 0 bridgehead atoms. The molecule has 0 saturated carbocycles. The molecule has 3 rings (SSSR count). The van der Waals surface area contributed by atoms with E-state index in [1.54, 1.807) is 30.3 Å². The Morgan fingerprint density at radius 3 is 2.04 bits per heavy atom. The first-order chi connectivity index (χ1) is 12.5. The number of benzene rings is 2. The van der Waals surface area contributed by atoms with Gasteiger partial charge < -0.3 is 10.3 Å². The summed E-state index contributed by atoms with van der Waals surface area (Å²) >= 11 is 0. The number of nitrogens with zero attached hydrogens (tertiary/aromatic N) is 3. The Balaban J connectivity index is 2.03. The number of carbonyl (C=O) groups excluding carboxylic acids is 1. The summed E-state index contributed by atoms with van der Waals surface area (Å²) in [6.07, 6.45) is 0. The topological polar surface area (TPSA) is 95.6 Å². The molecule has 0 aliphatic rings. The van der Waals surface area contributed by atoms with Crippen LogP contribution in [-0.4, -0.2) is 10.5 Å². The van der Waals surface area contributed by atoms with Crippen LogP contribution >= 0.6 is 0 Å². The average molecular weight is 340 g/mol. The van der Waals surface area contributed by atoms with E-state index in [0.717, 1.165) is 22.4 Å². The van der Waals surface area contributed by atoms with E-state index in [0.29, 0.717) is 23.4 Å². The van der Waals surface area contributed by atoms with Crippen molar-refractivity contribution >= 4 is 5.91 Å². The SMILES string of the molecule is Cc1c(-c2ccc(C#N)cc2)cc(C(N)=O)n1Cc1ccc(C#N)cc1. The summed E-state index contributed by atoms with van der Waals surface area (Å²) in [6.45, 7) is 2.41.